The molecule has 9 nitrogen and oxygen atoms in total. The van der Waals surface area contributed by atoms with Gasteiger partial charge in [0.15, 0.2) is 5.82 Å². The number of halogens is 2. The Balaban J connectivity index is 1.47. The normalized spacial score (nSPS) is 19.3. The van der Waals surface area contributed by atoms with E-state index in [1.54, 1.807) is 45.0 Å². The van der Waals surface area contributed by atoms with Crippen molar-refractivity contribution in [2.24, 2.45) is 7.05 Å². The summed E-state index contributed by atoms with van der Waals surface area (Å²) in [6.07, 6.45) is 2.30. The van der Waals surface area contributed by atoms with Gasteiger partial charge in [-0.1, -0.05) is 0 Å². The molecule has 0 atom stereocenters. The Labute approximate surface area is 184 Å². The quantitative estimate of drug-likeness (QED) is 0.755. The third kappa shape index (κ3) is 4.15. The Morgan fingerprint density at radius 2 is 1.84 bits per heavy atom. The Hall–Kier alpha value is -3.11. The predicted molar refractivity (Wildman–Crippen MR) is 116 cm³/mol. The fourth-order valence-electron chi connectivity index (χ4n) is 4.12. The van der Waals surface area contributed by atoms with Crippen LogP contribution in [0.5, 0.6) is 0 Å². The Morgan fingerprint density at radius 3 is 2.47 bits per heavy atom. The molecule has 32 heavy (non-hydrogen) atoms. The molecule has 1 amide bonds. The van der Waals surface area contributed by atoms with Crippen LogP contribution in [0.25, 0.3) is 11.0 Å². The summed E-state index contributed by atoms with van der Waals surface area (Å²) >= 11 is 0. The maximum absolute atomic E-state index is 15.0. The number of aromatic amines is 1. The van der Waals surface area contributed by atoms with E-state index in [2.05, 4.69) is 9.97 Å². The first-order valence-corrected chi connectivity index (χ1v) is 10.6. The van der Waals surface area contributed by atoms with Crippen LogP contribution in [0.1, 0.15) is 20.8 Å². The number of aromatic nitrogens is 3. The third-order valence-corrected chi connectivity index (χ3v) is 5.63. The minimum absolute atomic E-state index is 0.0582. The number of pyridine rings is 1. The van der Waals surface area contributed by atoms with Crippen molar-refractivity contribution in [3.63, 3.8) is 0 Å². The van der Waals surface area contributed by atoms with Gasteiger partial charge in [-0.05, 0) is 32.9 Å². The molecule has 0 saturated carbocycles. The van der Waals surface area contributed by atoms with Crippen molar-refractivity contribution in [1.82, 2.24) is 24.3 Å². The second kappa shape index (κ2) is 7.79. The van der Waals surface area contributed by atoms with E-state index in [0.29, 0.717) is 43.0 Å². The number of anilines is 1. The predicted octanol–water partition coefficient (Wildman–Crippen LogP) is 2.15. The van der Waals surface area contributed by atoms with E-state index >= 15 is 0 Å². The molecule has 11 heteroatoms. The summed E-state index contributed by atoms with van der Waals surface area (Å²) in [7, 11) is 1.67. The van der Waals surface area contributed by atoms with Gasteiger partial charge in [-0.3, -0.25) is 9.47 Å². The van der Waals surface area contributed by atoms with Gasteiger partial charge in [0.2, 0.25) is 0 Å². The zero-order valence-electron chi connectivity index (χ0n) is 18.7. The van der Waals surface area contributed by atoms with Crippen LogP contribution in [0.3, 0.4) is 0 Å². The number of hydrogen-bond donors (Lipinski definition) is 1. The van der Waals surface area contributed by atoms with Crippen molar-refractivity contribution >= 4 is 22.9 Å². The van der Waals surface area contributed by atoms with Gasteiger partial charge in [0, 0.05) is 46.0 Å². The lowest BCUT2D eigenvalue weighted by atomic mass is 10.1. The molecule has 0 radical (unpaired) electrons. The average molecular weight is 450 g/mol. The third-order valence-electron chi connectivity index (χ3n) is 5.63. The molecule has 2 aromatic rings. The molecule has 0 spiro atoms. The molecule has 0 aromatic carbocycles. The summed E-state index contributed by atoms with van der Waals surface area (Å²) in [5.41, 5.74) is 0.355. The minimum Gasteiger partial charge on any atom is -0.444 e. The molecule has 4 rings (SSSR count). The molecular formula is C21H28F2N6O3. The number of carbonyl (C=O) groups is 1. The average Bonchev–Trinajstić information content (AvgIpc) is 3.00. The molecule has 2 aliphatic rings. The lowest BCUT2D eigenvalue weighted by Crippen LogP contribution is -2.54. The van der Waals surface area contributed by atoms with Gasteiger partial charge in [-0.15, -0.1) is 0 Å². The highest BCUT2D eigenvalue weighted by Gasteiger charge is 2.44. The number of ether oxygens (including phenoxy) is 1. The number of hydrogen-bond acceptors (Lipinski definition) is 6. The molecular weight excluding hydrogens is 422 g/mol. The maximum atomic E-state index is 15.0. The van der Waals surface area contributed by atoms with Gasteiger partial charge in [0.25, 0.3) is 0 Å². The summed E-state index contributed by atoms with van der Waals surface area (Å²) < 4.78 is 36.6. The fourth-order valence-corrected chi connectivity index (χ4v) is 4.12. The molecule has 1 N–H and O–H groups in total. The molecule has 174 valence electrons. The number of H-pyrrole nitrogens is 1. The van der Waals surface area contributed by atoms with Crippen LogP contribution in [0.4, 0.5) is 19.4 Å². The number of piperazine rings is 1. The Morgan fingerprint density at radius 1 is 1.19 bits per heavy atom. The SMILES string of the molecule is Cn1c(=O)[nH]c2ccnc(N3CCN(C4=CCN(C(=O)OC(C)(C)C)CC4(F)F)CC3)c21. The number of amides is 1. The smallest absolute Gasteiger partial charge is 0.410 e. The highest BCUT2D eigenvalue weighted by molar-refractivity contribution is 5.86. The van der Waals surface area contributed by atoms with E-state index in [0.717, 1.165) is 4.90 Å². The van der Waals surface area contributed by atoms with Gasteiger partial charge >= 0.3 is 17.7 Å². The molecule has 0 unspecified atom stereocenters. The minimum atomic E-state index is -3.17. The topological polar surface area (TPSA) is 86.7 Å². The van der Waals surface area contributed by atoms with Crippen molar-refractivity contribution in [3.05, 3.63) is 34.5 Å². The summed E-state index contributed by atoms with van der Waals surface area (Å²) in [5, 5.41) is 0. The summed E-state index contributed by atoms with van der Waals surface area (Å²) in [6, 6.07) is 1.74. The van der Waals surface area contributed by atoms with Crippen LogP contribution < -0.4 is 10.6 Å². The molecule has 0 aliphatic carbocycles. The van der Waals surface area contributed by atoms with Crippen LogP contribution in [0.2, 0.25) is 0 Å². The number of nitrogens with one attached hydrogen (secondary N) is 1. The molecule has 1 fully saturated rings. The second-order valence-corrected chi connectivity index (χ2v) is 9.15. The first kappa shape index (κ1) is 22.1. The molecule has 0 bridgehead atoms. The number of imidazole rings is 1. The maximum Gasteiger partial charge on any atom is 0.410 e. The Bertz CT molecular complexity index is 1110. The molecule has 4 heterocycles. The summed E-state index contributed by atoms with van der Waals surface area (Å²) in [5.74, 6) is -2.51. The van der Waals surface area contributed by atoms with Gasteiger partial charge in [0.1, 0.15) is 11.1 Å². The number of fused-ring (bicyclic) bond motifs is 1. The molecule has 1 saturated heterocycles. The van der Waals surface area contributed by atoms with Crippen LogP contribution >= 0.6 is 0 Å². The number of alkyl halides is 2. The van der Waals surface area contributed by atoms with Gasteiger partial charge in [0.05, 0.1) is 17.8 Å². The number of carbonyl (C=O) groups excluding carboxylic acids is 1. The van der Waals surface area contributed by atoms with Crippen molar-refractivity contribution < 1.29 is 18.3 Å². The summed E-state index contributed by atoms with van der Waals surface area (Å²) in [4.78, 5) is 36.1. The summed E-state index contributed by atoms with van der Waals surface area (Å²) in [6.45, 7) is 6.20. The highest BCUT2D eigenvalue weighted by atomic mass is 19.3. The zero-order valence-corrected chi connectivity index (χ0v) is 18.7. The van der Waals surface area contributed by atoms with E-state index < -0.39 is 24.2 Å². The first-order chi connectivity index (χ1) is 15.0. The number of aryl methyl sites for hydroxylation is 1. The molecule has 2 aliphatic heterocycles. The van der Waals surface area contributed by atoms with Crippen LogP contribution in [0.15, 0.2) is 28.8 Å². The number of rotatable bonds is 2. The van der Waals surface area contributed by atoms with E-state index in [1.165, 1.54) is 10.6 Å². The standard InChI is InChI=1S/C21H28F2N6O3/c1-20(2,3)32-19(31)29-8-6-15(21(22,23)13-29)27-9-11-28(12-10-27)17-16-14(5-7-24-17)25-18(30)26(16)4/h5-7H,8-13H2,1-4H3,(H,25,30). The van der Waals surface area contributed by atoms with Crippen molar-refractivity contribution in [1.29, 1.82) is 0 Å². The van der Waals surface area contributed by atoms with Crippen molar-refractivity contribution in [3.8, 4) is 0 Å². The van der Waals surface area contributed by atoms with Crippen molar-refractivity contribution in [2.45, 2.75) is 32.3 Å². The van der Waals surface area contributed by atoms with Crippen LogP contribution in [-0.4, -0.2) is 81.2 Å². The lowest BCUT2D eigenvalue weighted by molar-refractivity contribution is -0.0402. The lowest BCUT2D eigenvalue weighted by Gasteiger charge is -2.42. The molecule has 2 aromatic heterocycles. The van der Waals surface area contributed by atoms with Crippen LogP contribution in [0, 0.1) is 0 Å². The van der Waals surface area contributed by atoms with Gasteiger partial charge in [-0.25, -0.2) is 14.6 Å². The largest absolute Gasteiger partial charge is 0.444 e. The van der Waals surface area contributed by atoms with Gasteiger partial charge in [-0.2, -0.15) is 8.78 Å². The van der Waals surface area contributed by atoms with Gasteiger partial charge < -0.3 is 19.5 Å². The first-order valence-electron chi connectivity index (χ1n) is 10.6. The van der Waals surface area contributed by atoms with E-state index in [1.807, 2.05) is 4.90 Å². The highest BCUT2D eigenvalue weighted by Crippen LogP contribution is 2.33. The van der Waals surface area contributed by atoms with E-state index in [4.69, 9.17) is 4.74 Å². The van der Waals surface area contributed by atoms with E-state index in [-0.39, 0.29) is 17.9 Å². The fraction of sp³-hybridized carbons (Fsp3) is 0.571. The Kier molecular flexibility index (Phi) is 5.38. The zero-order chi connectivity index (χ0) is 23.3. The van der Waals surface area contributed by atoms with Crippen LogP contribution in [-0.2, 0) is 11.8 Å². The second-order valence-electron chi connectivity index (χ2n) is 9.15. The number of nitrogens with zero attached hydrogens (tertiary/aromatic N) is 5. The van der Waals surface area contributed by atoms with E-state index in [9.17, 15) is 18.4 Å². The monoisotopic (exact) mass is 450 g/mol. The van der Waals surface area contributed by atoms with Crippen molar-refractivity contribution in [2.75, 3.05) is 44.2 Å².